The van der Waals surface area contributed by atoms with E-state index in [1.165, 1.54) is 12.1 Å². The molecular formula is C24H31FN4O4. The summed E-state index contributed by atoms with van der Waals surface area (Å²) in [6, 6.07) is 4.60. The Balaban J connectivity index is 1.02. The number of carbonyl (C=O) groups excluding carboxylic acids is 2. The Hall–Kier alpha value is -2.52. The third-order valence-corrected chi connectivity index (χ3v) is 7.54. The molecule has 3 saturated heterocycles. The number of amides is 2. The van der Waals surface area contributed by atoms with Gasteiger partial charge >= 0.3 is 0 Å². The third kappa shape index (κ3) is 4.48. The molecule has 8 nitrogen and oxygen atoms in total. The van der Waals surface area contributed by atoms with Crippen molar-refractivity contribution in [3.05, 3.63) is 29.7 Å². The van der Waals surface area contributed by atoms with E-state index in [1.807, 2.05) is 0 Å². The number of nitrogens with two attached hydrogens (primary N) is 1. The predicted molar refractivity (Wildman–Crippen MR) is 119 cm³/mol. The van der Waals surface area contributed by atoms with Crippen LogP contribution in [0.15, 0.2) is 22.7 Å². The average molecular weight is 459 g/mol. The summed E-state index contributed by atoms with van der Waals surface area (Å²) in [6.45, 7) is 3.54. The highest BCUT2D eigenvalue weighted by molar-refractivity contribution is 5.88. The normalized spacial score (nSPS) is 27.9. The first-order valence-electron chi connectivity index (χ1n) is 12.0. The number of likely N-dealkylation sites (tertiary alicyclic amines) is 1. The van der Waals surface area contributed by atoms with Crippen LogP contribution in [0.4, 0.5) is 4.39 Å². The van der Waals surface area contributed by atoms with E-state index in [-0.39, 0.29) is 23.9 Å². The first-order valence-corrected chi connectivity index (χ1v) is 12.0. The number of halogens is 1. The van der Waals surface area contributed by atoms with Gasteiger partial charge in [-0.2, -0.15) is 0 Å². The van der Waals surface area contributed by atoms with E-state index in [0.717, 1.165) is 69.2 Å². The highest BCUT2D eigenvalue weighted by Gasteiger charge is 2.54. The van der Waals surface area contributed by atoms with Gasteiger partial charge in [0, 0.05) is 23.9 Å². The van der Waals surface area contributed by atoms with Gasteiger partial charge in [-0.25, -0.2) is 4.39 Å². The van der Waals surface area contributed by atoms with Crippen LogP contribution in [-0.4, -0.2) is 60.3 Å². The van der Waals surface area contributed by atoms with Crippen LogP contribution in [0.25, 0.3) is 11.0 Å². The van der Waals surface area contributed by atoms with Crippen LogP contribution in [0.1, 0.15) is 50.1 Å². The molecule has 3 N–H and O–H groups in total. The quantitative estimate of drug-likeness (QED) is 0.588. The number of nitrogens with one attached hydrogen (secondary N) is 1. The Morgan fingerprint density at radius 2 is 1.88 bits per heavy atom. The van der Waals surface area contributed by atoms with Crippen molar-refractivity contribution in [1.29, 1.82) is 0 Å². The second-order valence-corrected chi connectivity index (χ2v) is 9.57. The average Bonchev–Trinajstić information content (AvgIpc) is 3.53. The minimum Gasteiger partial charge on any atom is -0.373 e. The van der Waals surface area contributed by atoms with Crippen molar-refractivity contribution in [3.63, 3.8) is 0 Å². The van der Waals surface area contributed by atoms with E-state index in [4.69, 9.17) is 15.0 Å². The van der Waals surface area contributed by atoms with E-state index in [1.54, 1.807) is 6.07 Å². The molecule has 0 saturated carbocycles. The summed E-state index contributed by atoms with van der Waals surface area (Å²) in [6.07, 6.45) is 5.13. The molecule has 4 unspecified atom stereocenters. The van der Waals surface area contributed by atoms with Crippen molar-refractivity contribution < 1.29 is 23.2 Å². The van der Waals surface area contributed by atoms with Crippen molar-refractivity contribution in [2.24, 2.45) is 17.6 Å². The smallest absolute Gasteiger partial charge is 0.226 e. The molecule has 0 spiro atoms. The van der Waals surface area contributed by atoms with Crippen molar-refractivity contribution in [2.75, 3.05) is 26.2 Å². The number of unbranched alkanes of at least 4 members (excludes halogenated alkanes) is 1. The maximum atomic E-state index is 13.4. The molecular weight excluding hydrogens is 427 g/mol. The lowest BCUT2D eigenvalue weighted by Gasteiger charge is -2.31. The zero-order chi connectivity index (χ0) is 22.9. The molecule has 1 aromatic carbocycles. The van der Waals surface area contributed by atoms with E-state index < -0.39 is 17.7 Å². The number of carbonyl (C=O) groups is 2. The van der Waals surface area contributed by atoms with Crippen molar-refractivity contribution in [2.45, 2.75) is 56.7 Å². The van der Waals surface area contributed by atoms with Crippen LogP contribution in [0.3, 0.4) is 0 Å². The molecule has 0 radical (unpaired) electrons. The lowest BCUT2D eigenvalue weighted by atomic mass is 9.78. The lowest BCUT2D eigenvalue weighted by Crippen LogP contribution is -2.46. The highest BCUT2D eigenvalue weighted by atomic mass is 19.1. The number of hydrogen-bond acceptors (Lipinski definition) is 6. The Labute approximate surface area is 192 Å². The topological polar surface area (TPSA) is 111 Å². The molecule has 2 aromatic rings. The zero-order valence-electron chi connectivity index (χ0n) is 18.7. The van der Waals surface area contributed by atoms with Gasteiger partial charge in [-0.15, -0.1) is 0 Å². The first-order chi connectivity index (χ1) is 16.0. The minimum atomic E-state index is -0.495. The van der Waals surface area contributed by atoms with E-state index in [9.17, 15) is 14.0 Å². The van der Waals surface area contributed by atoms with Crippen LogP contribution >= 0.6 is 0 Å². The van der Waals surface area contributed by atoms with Gasteiger partial charge < -0.3 is 25.2 Å². The summed E-state index contributed by atoms with van der Waals surface area (Å²) in [7, 11) is 0. The van der Waals surface area contributed by atoms with Crippen LogP contribution in [0, 0.1) is 17.7 Å². The van der Waals surface area contributed by atoms with Gasteiger partial charge in [0.05, 0.1) is 29.7 Å². The number of nitrogens with zero attached hydrogens (tertiary/aromatic N) is 2. The van der Waals surface area contributed by atoms with Gasteiger partial charge in [0.15, 0.2) is 5.58 Å². The van der Waals surface area contributed by atoms with Gasteiger partial charge in [-0.1, -0.05) is 5.16 Å². The lowest BCUT2D eigenvalue weighted by molar-refractivity contribution is -0.133. The molecule has 3 aliphatic rings. The second-order valence-electron chi connectivity index (χ2n) is 9.57. The summed E-state index contributed by atoms with van der Waals surface area (Å²) < 4.78 is 24.5. The highest BCUT2D eigenvalue weighted by Crippen LogP contribution is 2.43. The summed E-state index contributed by atoms with van der Waals surface area (Å²) in [5, 5.41) is 8.11. The molecule has 4 heterocycles. The largest absolute Gasteiger partial charge is 0.373 e. The number of ether oxygens (including phenoxy) is 1. The number of hydrogen-bond donors (Lipinski definition) is 2. The van der Waals surface area contributed by atoms with Gasteiger partial charge in [0.1, 0.15) is 5.82 Å². The SMILES string of the molecule is NC(=O)C1C2CCC(O2)C1C(=O)NCCCCN1CCC(c2noc3cc(F)ccc23)CC1. The number of piperidine rings is 1. The molecule has 2 bridgehead atoms. The predicted octanol–water partition coefficient (Wildman–Crippen LogP) is 2.32. The Kier molecular flexibility index (Phi) is 6.34. The number of benzene rings is 1. The molecule has 9 heteroatoms. The molecule has 2 amide bonds. The van der Waals surface area contributed by atoms with Crippen LogP contribution in [-0.2, 0) is 14.3 Å². The maximum absolute atomic E-state index is 13.4. The fraction of sp³-hybridized carbons (Fsp3) is 0.625. The minimum absolute atomic E-state index is 0.105. The number of aromatic nitrogens is 1. The molecule has 1 aromatic heterocycles. The number of fused-ring (bicyclic) bond motifs is 3. The maximum Gasteiger partial charge on any atom is 0.226 e. The summed E-state index contributed by atoms with van der Waals surface area (Å²) in [4.78, 5) is 26.8. The Morgan fingerprint density at radius 1 is 1.12 bits per heavy atom. The summed E-state index contributed by atoms with van der Waals surface area (Å²) in [5.41, 5.74) is 6.96. The molecule has 3 fully saturated rings. The third-order valence-electron chi connectivity index (χ3n) is 7.54. The molecule has 3 aliphatic heterocycles. The Morgan fingerprint density at radius 3 is 2.64 bits per heavy atom. The van der Waals surface area contributed by atoms with Crippen molar-refractivity contribution >= 4 is 22.8 Å². The van der Waals surface area contributed by atoms with Crippen molar-refractivity contribution in [3.8, 4) is 0 Å². The van der Waals surface area contributed by atoms with Crippen LogP contribution < -0.4 is 11.1 Å². The first kappa shape index (κ1) is 22.3. The fourth-order valence-electron chi connectivity index (χ4n) is 5.82. The van der Waals surface area contributed by atoms with Crippen LogP contribution in [0.5, 0.6) is 0 Å². The second kappa shape index (κ2) is 9.38. The van der Waals surface area contributed by atoms with E-state index >= 15 is 0 Å². The van der Waals surface area contributed by atoms with E-state index in [2.05, 4.69) is 15.4 Å². The number of primary amides is 1. The van der Waals surface area contributed by atoms with Gasteiger partial charge in [0.2, 0.25) is 11.8 Å². The molecule has 0 aliphatic carbocycles. The number of rotatable bonds is 8. The van der Waals surface area contributed by atoms with E-state index in [0.29, 0.717) is 18.0 Å². The molecule has 178 valence electrons. The molecule has 33 heavy (non-hydrogen) atoms. The standard InChI is InChI=1S/C24H31FN4O4/c25-15-3-4-16-19(13-15)33-28-22(16)14-7-11-29(12-8-14)10-2-1-9-27-24(31)21-18-6-5-17(32-18)20(21)23(26)30/h3-4,13-14,17-18,20-21H,1-2,5-12H2,(H2,26,30)(H,27,31). The van der Waals surface area contributed by atoms with Gasteiger partial charge in [-0.05, 0) is 70.3 Å². The molecule has 4 atom stereocenters. The fourth-order valence-corrected chi connectivity index (χ4v) is 5.82. The van der Waals surface area contributed by atoms with Gasteiger partial charge in [0.25, 0.3) is 0 Å². The Bertz CT molecular complexity index is 1020. The molecule has 5 rings (SSSR count). The zero-order valence-corrected chi connectivity index (χ0v) is 18.7. The monoisotopic (exact) mass is 458 g/mol. The van der Waals surface area contributed by atoms with Crippen LogP contribution in [0.2, 0.25) is 0 Å². The van der Waals surface area contributed by atoms with Crippen molar-refractivity contribution in [1.82, 2.24) is 15.4 Å². The van der Waals surface area contributed by atoms with Gasteiger partial charge in [-0.3, -0.25) is 9.59 Å². The summed E-state index contributed by atoms with van der Waals surface area (Å²) in [5.74, 6) is -1.46. The summed E-state index contributed by atoms with van der Waals surface area (Å²) >= 11 is 0.